The van der Waals surface area contributed by atoms with Crippen molar-refractivity contribution in [1.82, 2.24) is 4.72 Å². The van der Waals surface area contributed by atoms with Gasteiger partial charge in [-0.3, -0.25) is 0 Å². The van der Waals surface area contributed by atoms with Crippen molar-refractivity contribution in [1.29, 1.82) is 0 Å². The van der Waals surface area contributed by atoms with Crippen molar-refractivity contribution in [2.75, 3.05) is 6.54 Å². The van der Waals surface area contributed by atoms with Gasteiger partial charge in [-0.25, -0.2) is 13.1 Å². The average Bonchev–Trinajstić information content (AvgIpc) is 2.93. The minimum atomic E-state index is -3.66. The maximum atomic E-state index is 12.4. The van der Waals surface area contributed by atoms with E-state index in [1.165, 1.54) is 31.7 Å². The lowest BCUT2D eigenvalue weighted by Crippen LogP contribution is -2.26. The summed E-state index contributed by atoms with van der Waals surface area (Å²) in [6, 6.07) is 2.95. The third-order valence-electron chi connectivity index (χ3n) is 3.91. The van der Waals surface area contributed by atoms with E-state index in [4.69, 9.17) is 28.9 Å². The van der Waals surface area contributed by atoms with Crippen molar-refractivity contribution in [3.63, 3.8) is 0 Å². The number of nitrogens with two attached hydrogens (primary N) is 1. The first kappa shape index (κ1) is 17.0. The summed E-state index contributed by atoms with van der Waals surface area (Å²) in [6.07, 6.45) is 5.74. The van der Waals surface area contributed by atoms with Gasteiger partial charge in [0, 0.05) is 18.1 Å². The van der Waals surface area contributed by atoms with Gasteiger partial charge in [-0.05, 0) is 30.0 Å². The molecule has 0 aliphatic heterocycles. The second kappa shape index (κ2) is 7.29. The van der Waals surface area contributed by atoms with Gasteiger partial charge in [0.15, 0.2) is 0 Å². The molecule has 1 fully saturated rings. The van der Waals surface area contributed by atoms with Crippen LogP contribution >= 0.6 is 23.2 Å². The van der Waals surface area contributed by atoms with E-state index in [1.54, 1.807) is 6.07 Å². The molecule has 118 valence electrons. The second-order valence-electron chi connectivity index (χ2n) is 5.42. The predicted octanol–water partition coefficient (Wildman–Crippen LogP) is 3.31. The molecule has 1 aromatic rings. The number of rotatable bonds is 6. The van der Waals surface area contributed by atoms with Crippen LogP contribution in [-0.2, 0) is 16.6 Å². The molecule has 7 heteroatoms. The fraction of sp³-hybridized carbons (Fsp3) is 0.571. The van der Waals surface area contributed by atoms with Crippen LogP contribution in [0.2, 0.25) is 10.0 Å². The Morgan fingerprint density at radius 2 is 1.90 bits per heavy atom. The van der Waals surface area contributed by atoms with Crippen LogP contribution in [0.5, 0.6) is 0 Å². The molecule has 1 aliphatic rings. The molecule has 21 heavy (non-hydrogen) atoms. The minimum absolute atomic E-state index is 0.00328. The summed E-state index contributed by atoms with van der Waals surface area (Å²) in [5.74, 6) is 0.627. The molecule has 0 saturated heterocycles. The molecule has 3 N–H and O–H groups in total. The topological polar surface area (TPSA) is 72.2 Å². The van der Waals surface area contributed by atoms with Gasteiger partial charge in [0.2, 0.25) is 10.0 Å². The van der Waals surface area contributed by atoms with Gasteiger partial charge in [-0.1, -0.05) is 48.9 Å². The Balaban J connectivity index is 2.09. The van der Waals surface area contributed by atoms with Gasteiger partial charge in [0.1, 0.15) is 4.90 Å². The fourth-order valence-electron chi connectivity index (χ4n) is 2.74. The van der Waals surface area contributed by atoms with Crippen molar-refractivity contribution in [3.8, 4) is 0 Å². The predicted molar refractivity (Wildman–Crippen MR) is 86.1 cm³/mol. The summed E-state index contributed by atoms with van der Waals surface area (Å²) in [5, 5.41) is 0.464. The van der Waals surface area contributed by atoms with Crippen LogP contribution in [0.1, 0.15) is 37.7 Å². The first-order valence-corrected chi connectivity index (χ1v) is 9.35. The summed E-state index contributed by atoms with van der Waals surface area (Å²) < 4.78 is 27.3. The summed E-state index contributed by atoms with van der Waals surface area (Å²) in [7, 11) is -3.66. The Hall–Kier alpha value is -0.330. The van der Waals surface area contributed by atoms with E-state index in [1.807, 2.05) is 0 Å². The number of sulfonamides is 1. The van der Waals surface area contributed by atoms with Crippen LogP contribution < -0.4 is 10.5 Å². The lowest BCUT2D eigenvalue weighted by molar-refractivity contribution is 0.495. The van der Waals surface area contributed by atoms with Gasteiger partial charge in [0.25, 0.3) is 0 Å². The van der Waals surface area contributed by atoms with Crippen LogP contribution in [0.25, 0.3) is 0 Å². The average molecular weight is 351 g/mol. The van der Waals surface area contributed by atoms with E-state index in [2.05, 4.69) is 4.72 Å². The van der Waals surface area contributed by atoms with Gasteiger partial charge >= 0.3 is 0 Å². The van der Waals surface area contributed by atoms with Gasteiger partial charge in [-0.2, -0.15) is 0 Å². The minimum Gasteiger partial charge on any atom is -0.326 e. The molecule has 0 atom stereocenters. The Bertz CT molecular complexity index is 599. The third kappa shape index (κ3) is 4.33. The molecule has 0 heterocycles. The van der Waals surface area contributed by atoms with Crippen LogP contribution in [0, 0.1) is 5.92 Å². The largest absolute Gasteiger partial charge is 0.326 e. The van der Waals surface area contributed by atoms with E-state index in [0.717, 1.165) is 6.42 Å². The van der Waals surface area contributed by atoms with E-state index in [9.17, 15) is 8.42 Å². The van der Waals surface area contributed by atoms with Crippen LogP contribution in [0.15, 0.2) is 17.0 Å². The summed E-state index contributed by atoms with van der Waals surface area (Å²) in [4.78, 5) is 0.00328. The zero-order valence-electron chi connectivity index (χ0n) is 11.7. The molecule has 1 aliphatic carbocycles. The zero-order valence-corrected chi connectivity index (χ0v) is 14.1. The maximum Gasteiger partial charge on any atom is 0.242 e. The summed E-state index contributed by atoms with van der Waals surface area (Å²) in [6.45, 7) is 0.567. The van der Waals surface area contributed by atoms with Crippen molar-refractivity contribution >= 4 is 33.2 Å². The number of nitrogens with one attached hydrogen (secondary N) is 1. The highest BCUT2D eigenvalue weighted by Crippen LogP contribution is 2.30. The zero-order chi connectivity index (χ0) is 15.5. The quantitative estimate of drug-likeness (QED) is 0.826. The first-order chi connectivity index (χ1) is 9.94. The monoisotopic (exact) mass is 350 g/mol. The number of halogens is 2. The molecule has 0 amide bonds. The molecule has 1 saturated carbocycles. The smallest absolute Gasteiger partial charge is 0.242 e. The lowest BCUT2D eigenvalue weighted by Gasteiger charge is -2.13. The molecule has 4 nitrogen and oxygen atoms in total. The highest BCUT2D eigenvalue weighted by molar-refractivity contribution is 7.89. The Kier molecular flexibility index (Phi) is 5.91. The lowest BCUT2D eigenvalue weighted by atomic mass is 10.1. The van der Waals surface area contributed by atoms with Crippen LogP contribution in [0.3, 0.4) is 0 Å². The van der Waals surface area contributed by atoms with Gasteiger partial charge in [0.05, 0.1) is 5.02 Å². The Morgan fingerprint density at radius 1 is 1.24 bits per heavy atom. The van der Waals surface area contributed by atoms with Crippen molar-refractivity contribution < 1.29 is 8.42 Å². The molecular weight excluding hydrogens is 331 g/mol. The molecule has 1 aromatic carbocycles. The third-order valence-corrected chi connectivity index (χ3v) is 6.17. The highest BCUT2D eigenvalue weighted by Gasteiger charge is 2.22. The second-order valence-corrected chi connectivity index (χ2v) is 7.97. The maximum absolute atomic E-state index is 12.4. The Labute approximate surface area is 136 Å². The number of hydrogen-bond acceptors (Lipinski definition) is 3. The van der Waals surface area contributed by atoms with E-state index >= 15 is 0 Å². The number of benzene rings is 1. The molecule has 0 spiro atoms. The fourth-order valence-corrected chi connectivity index (χ4v) is 4.72. The standard InChI is InChI=1S/C14H20Cl2N2O2S/c15-12-7-11(9-17)14(16)13(8-12)21(19,20)18-6-5-10-3-1-2-4-10/h7-8,10,18H,1-6,9,17H2. The molecule has 2 rings (SSSR count). The van der Waals surface area contributed by atoms with Gasteiger partial charge in [-0.15, -0.1) is 0 Å². The van der Waals surface area contributed by atoms with E-state index in [0.29, 0.717) is 23.0 Å². The highest BCUT2D eigenvalue weighted by atomic mass is 35.5. The van der Waals surface area contributed by atoms with Crippen LogP contribution in [-0.4, -0.2) is 15.0 Å². The first-order valence-electron chi connectivity index (χ1n) is 7.11. The van der Waals surface area contributed by atoms with Crippen molar-refractivity contribution in [2.24, 2.45) is 11.7 Å². The van der Waals surface area contributed by atoms with E-state index < -0.39 is 10.0 Å². The van der Waals surface area contributed by atoms with Crippen molar-refractivity contribution in [2.45, 2.75) is 43.5 Å². The molecular formula is C14H20Cl2N2O2S. The summed E-state index contributed by atoms with van der Waals surface area (Å²) in [5.41, 5.74) is 6.08. The van der Waals surface area contributed by atoms with Crippen LogP contribution in [0.4, 0.5) is 0 Å². The molecule has 0 bridgehead atoms. The molecule has 0 radical (unpaired) electrons. The summed E-state index contributed by atoms with van der Waals surface area (Å²) >= 11 is 12.1. The molecule has 0 unspecified atom stereocenters. The van der Waals surface area contributed by atoms with E-state index in [-0.39, 0.29) is 16.5 Å². The SMILES string of the molecule is NCc1cc(Cl)cc(S(=O)(=O)NCCC2CCCC2)c1Cl. The van der Waals surface area contributed by atoms with Crippen molar-refractivity contribution in [3.05, 3.63) is 27.7 Å². The molecule has 0 aromatic heterocycles. The number of hydrogen-bond donors (Lipinski definition) is 2. The Morgan fingerprint density at radius 3 is 2.52 bits per heavy atom. The normalized spacial score (nSPS) is 16.5. The van der Waals surface area contributed by atoms with Gasteiger partial charge < -0.3 is 5.73 Å².